The van der Waals surface area contributed by atoms with E-state index in [4.69, 9.17) is 4.74 Å². The van der Waals surface area contributed by atoms with E-state index in [9.17, 15) is 0 Å². The predicted octanol–water partition coefficient (Wildman–Crippen LogP) is 4.15. The molecule has 0 spiro atoms. The third-order valence-corrected chi connectivity index (χ3v) is 3.02. The lowest BCUT2D eigenvalue weighted by atomic mass is 10.2. The van der Waals surface area contributed by atoms with E-state index in [0.717, 1.165) is 25.4 Å². The normalized spacial score (nSPS) is 10.6. The molecular weight excluding hydrogens is 222 g/mol. The number of hydrogen-bond acceptors (Lipinski definition) is 2. The van der Waals surface area contributed by atoms with Crippen molar-refractivity contribution in [2.75, 3.05) is 13.2 Å². The van der Waals surface area contributed by atoms with Gasteiger partial charge in [-0.2, -0.15) is 0 Å². The first-order valence-electron chi connectivity index (χ1n) is 7.29. The molecule has 1 aromatic carbocycles. The number of unbranched alkanes of at least 4 members (excludes halogenated alkanes) is 4. The maximum atomic E-state index is 5.73. The molecule has 2 heteroatoms. The third-order valence-electron chi connectivity index (χ3n) is 3.02. The van der Waals surface area contributed by atoms with Gasteiger partial charge in [0.25, 0.3) is 0 Å². The van der Waals surface area contributed by atoms with Crippen molar-refractivity contribution in [3.8, 4) is 5.75 Å². The summed E-state index contributed by atoms with van der Waals surface area (Å²) in [6.07, 6.45) is 6.43. The molecule has 1 aromatic rings. The van der Waals surface area contributed by atoms with Crippen LogP contribution in [0.2, 0.25) is 0 Å². The first-order valence-corrected chi connectivity index (χ1v) is 7.29. The molecule has 0 saturated carbocycles. The number of nitrogens with one attached hydrogen (secondary N) is 1. The van der Waals surface area contributed by atoms with Gasteiger partial charge in [0.1, 0.15) is 5.75 Å². The Morgan fingerprint density at radius 3 is 2.33 bits per heavy atom. The molecule has 0 atom stereocenters. The molecule has 0 fully saturated rings. The fourth-order valence-electron chi connectivity index (χ4n) is 1.87. The van der Waals surface area contributed by atoms with E-state index in [0.29, 0.717) is 0 Å². The highest BCUT2D eigenvalue weighted by Crippen LogP contribution is 2.13. The van der Waals surface area contributed by atoms with Crippen LogP contribution in [0.1, 0.15) is 51.5 Å². The first-order chi connectivity index (χ1) is 8.86. The molecule has 1 rings (SSSR count). The Morgan fingerprint density at radius 2 is 1.67 bits per heavy atom. The summed E-state index contributed by atoms with van der Waals surface area (Å²) >= 11 is 0. The molecule has 0 aliphatic carbocycles. The Bertz CT molecular complexity index is 294. The van der Waals surface area contributed by atoms with Crippen molar-refractivity contribution in [2.45, 2.75) is 52.5 Å². The van der Waals surface area contributed by atoms with Crippen LogP contribution in [0.5, 0.6) is 5.75 Å². The molecule has 0 aliphatic heterocycles. The lowest BCUT2D eigenvalue weighted by molar-refractivity contribution is 0.304. The van der Waals surface area contributed by atoms with Crippen molar-refractivity contribution in [3.05, 3.63) is 29.8 Å². The zero-order valence-electron chi connectivity index (χ0n) is 11.9. The van der Waals surface area contributed by atoms with E-state index in [1.54, 1.807) is 0 Å². The average molecular weight is 249 g/mol. The van der Waals surface area contributed by atoms with Crippen molar-refractivity contribution in [1.29, 1.82) is 0 Å². The van der Waals surface area contributed by atoms with E-state index < -0.39 is 0 Å². The maximum Gasteiger partial charge on any atom is 0.119 e. The van der Waals surface area contributed by atoms with Crippen molar-refractivity contribution in [1.82, 2.24) is 5.32 Å². The van der Waals surface area contributed by atoms with Crippen LogP contribution in [0, 0.1) is 0 Å². The summed E-state index contributed by atoms with van der Waals surface area (Å²) in [5.74, 6) is 0.991. The van der Waals surface area contributed by atoms with Crippen LogP contribution in [-0.4, -0.2) is 13.2 Å². The summed E-state index contributed by atoms with van der Waals surface area (Å²) in [5, 5.41) is 3.32. The van der Waals surface area contributed by atoms with Gasteiger partial charge in [-0.3, -0.25) is 0 Å². The fraction of sp³-hybridized carbons (Fsp3) is 0.625. The van der Waals surface area contributed by atoms with Crippen molar-refractivity contribution < 1.29 is 4.74 Å². The molecular formula is C16H27NO. The minimum Gasteiger partial charge on any atom is -0.494 e. The monoisotopic (exact) mass is 249 g/mol. The Kier molecular flexibility index (Phi) is 8.32. The second-order valence-electron chi connectivity index (χ2n) is 4.69. The quantitative estimate of drug-likeness (QED) is 0.629. The highest BCUT2D eigenvalue weighted by molar-refractivity contribution is 5.27. The minimum atomic E-state index is 0.844. The summed E-state index contributed by atoms with van der Waals surface area (Å²) in [6.45, 7) is 7.15. The lowest BCUT2D eigenvalue weighted by Crippen LogP contribution is -2.11. The highest BCUT2D eigenvalue weighted by atomic mass is 16.5. The SMILES string of the molecule is CCCCCCCOc1ccc(CNCC)cc1. The molecule has 0 aromatic heterocycles. The van der Waals surface area contributed by atoms with E-state index in [1.807, 2.05) is 0 Å². The number of ether oxygens (including phenoxy) is 1. The van der Waals surface area contributed by atoms with Crippen LogP contribution < -0.4 is 10.1 Å². The summed E-state index contributed by atoms with van der Waals surface area (Å²) in [4.78, 5) is 0. The zero-order valence-corrected chi connectivity index (χ0v) is 11.9. The standard InChI is InChI=1S/C16H27NO/c1-3-5-6-7-8-13-18-16-11-9-15(10-12-16)14-17-4-2/h9-12,17H,3-8,13-14H2,1-2H3. The van der Waals surface area contributed by atoms with Gasteiger partial charge >= 0.3 is 0 Å². The third kappa shape index (κ3) is 6.65. The van der Waals surface area contributed by atoms with Gasteiger partial charge < -0.3 is 10.1 Å². The smallest absolute Gasteiger partial charge is 0.119 e. The summed E-state index contributed by atoms with van der Waals surface area (Å²) < 4.78 is 5.73. The van der Waals surface area contributed by atoms with Gasteiger partial charge in [-0.15, -0.1) is 0 Å². The molecule has 0 bridgehead atoms. The molecule has 0 aliphatic rings. The minimum absolute atomic E-state index is 0.844. The Labute approximate surface area is 112 Å². The molecule has 0 amide bonds. The Balaban J connectivity index is 2.14. The van der Waals surface area contributed by atoms with Gasteiger partial charge in [0.05, 0.1) is 6.61 Å². The summed E-state index contributed by atoms with van der Waals surface area (Å²) in [5.41, 5.74) is 1.31. The van der Waals surface area contributed by atoms with E-state index >= 15 is 0 Å². The van der Waals surface area contributed by atoms with Gasteiger partial charge in [-0.25, -0.2) is 0 Å². The topological polar surface area (TPSA) is 21.3 Å². The molecule has 0 heterocycles. The van der Waals surface area contributed by atoms with Crippen LogP contribution in [0.15, 0.2) is 24.3 Å². The molecule has 0 radical (unpaired) electrons. The predicted molar refractivity (Wildman–Crippen MR) is 78.1 cm³/mol. The molecule has 102 valence electrons. The van der Waals surface area contributed by atoms with Crippen molar-refractivity contribution in [3.63, 3.8) is 0 Å². The first kappa shape index (κ1) is 15.0. The molecule has 18 heavy (non-hydrogen) atoms. The number of benzene rings is 1. The van der Waals surface area contributed by atoms with Gasteiger partial charge in [0.15, 0.2) is 0 Å². The highest BCUT2D eigenvalue weighted by Gasteiger charge is 1.95. The molecule has 0 unspecified atom stereocenters. The second kappa shape index (κ2) is 9.95. The lowest BCUT2D eigenvalue weighted by Gasteiger charge is -2.07. The largest absolute Gasteiger partial charge is 0.494 e. The van der Waals surface area contributed by atoms with E-state index in [2.05, 4.69) is 43.4 Å². The summed E-state index contributed by atoms with van der Waals surface area (Å²) in [7, 11) is 0. The van der Waals surface area contributed by atoms with Gasteiger partial charge in [0, 0.05) is 6.54 Å². The van der Waals surface area contributed by atoms with Gasteiger partial charge in [0.2, 0.25) is 0 Å². The number of rotatable bonds is 10. The Hall–Kier alpha value is -1.02. The Morgan fingerprint density at radius 1 is 0.944 bits per heavy atom. The van der Waals surface area contributed by atoms with Crippen LogP contribution >= 0.6 is 0 Å². The second-order valence-corrected chi connectivity index (χ2v) is 4.69. The van der Waals surface area contributed by atoms with Crippen LogP contribution in [0.3, 0.4) is 0 Å². The summed E-state index contributed by atoms with van der Waals surface area (Å²) in [6, 6.07) is 8.40. The van der Waals surface area contributed by atoms with E-state index in [-0.39, 0.29) is 0 Å². The van der Waals surface area contributed by atoms with Crippen molar-refractivity contribution >= 4 is 0 Å². The van der Waals surface area contributed by atoms with Crippen LogP contribution in [-0.2, 0) is 6.54 Å². The molecule has 0 saturated heterocycles. The van der Waals surface area contributed by atoms with Crippen molar-refractivity contribution in [2.24, 2.45) is 0 Å². The fourth-order valence-corrected chi connectivity index (χ4v) is 1.87. The van der Waals surface area contributed by atoms with Crippen LogP contribution in [0.4, 0.5) is 0 Å². The number of hydrogen-bond donors (Lipinski definition) is 1. The molecule has 2 nitrogen and oxygen atoms in total. The van der Waals surface area contributed by atoms with E-state index in [1.165, 1.54) is 37.7 Å². The van der Waals surface area contributed by atoms with Gasteiger partial charge in [-0.1, -0.05) is 51.7 Å². The molecule has 1 N–H and O–H groups in total. The maximum absolute atomic E-state index is 5.73. The average Bonchev–Trinajstić information content (AvgIpc) is 2.42. The van der Waals surface area contributed by atoms with Gasteiger partial charge in [-0.05, 0) is 30.7 Å². The van der Waals surface area contributed by atoms with Crippen LogP contribution in [0.25, 0.3) is 0 Å². The zero-order chi connectivity index (χ0) is 13.1.